The number of amides is 1. The van der Waals surface area contributed by atoms with Crippen LogP contribution < -0.4 is 11.5 Å². The molecular formula is C20H20ClF3N4OS. The van der Waals surface area contributed by atoms with Gasteiger partial charge in [0.15, 0.2) is 0 Å². The standard InChI is InChI=1S/C20H20ClF3N4OS/c1-2-28-14(7-8-27-28)16-15(17(19(26)29)30-18(16)21)12(10-25)9-11-5-3-4-6-13(11)20(22,23)24/h3-8,12H,2,9-10,25H2,1H3,(H2,26,29)/t12-/m1/s1. The summed E-state index contributed by atoms with van der Waals surface area (Å²) in [7, 11) is 0. The minimum Gasteiger partial charge on any atom is -0.365 e. The molecule has 3 rings (SSSR count). The molecule has 10 heteroatoms. The Kier molecular flexibility index (Phi) is 6.54. The summed E-state index contributed by atoms with van der Waals surface area (Å²) in [6.45, 7) is 2.45. The third-order valence-electron chi connectivity index (χ3n) is 4.88. The molecule has 0 aliphatic rings. The van der Waals surface area contributed by atoms with Gasteiger partial charge in [0.2, 0.25) is 0 Å². The highest BCUT2D eigenvalue weighted by Crippen LogP contribution is 2.45. The molecular weight excluding hydrogens is 437 g/mol. The van der Waals surface area contributed by atoms with Crippen LogP contribution in [0.4, 0.5) is 13.2 Å². The van der Waals surface area contributed by atoms with Crippen LogP contribution in [0, 0.1) is 0 Å². The van der Waals surface area contributed by atoms with Gasteiger partial charge in [-0.05, 0) is 43.1 Å². The quantitative estimate of drug-likeness (QED) is 0.540. The molecule has 2 aromatic heterocycles. The third kappa shape index (κ3) is 4.23. The van der Waals surface area contributed by atoms with Crippen molar-refractivity contribution in [3.05, 3.63) is 62.4 Å². The number of hydrogen-bond donors (Lipinski definition) is 2. The molecule has 0 spiro atoms. The predicted molar refractivity (Wildman–Crippen MR) is 112 cm³/mol. The highest BCUT2D eigenvalue weighted by Gasteiger charge is 2.35. The van der Waals surface area contributed by atoms with Gasteiger partial charge in [-0.1, -0.05) is 29.8 Å². The second kappa shape index (κ2) is 8.79. The molecule has 1 amide bonds. The number of carbonyl (C=O) groups excluding carboxylic acids is 1. The Bertz CT molecular complexity index is 1060. The van der Waals surface area contributed by atoms with Crippen molar-refractivity contribution in [3.63, 3.8) is 0 Å². The summed E-state index contributed by atoms with van der Waals surface area (Å²) >= 11 is 7.47. The van der Waals surface area contributed by atoms with Gasteiger partial charge in [-0.3, -0.25) is 9.48 Å². The number of thiophene rings is 1. The van der Waals surface area contributed by atoms with Crippen molar-refractivity contribution in [1.82, 2.24) is 9.78 Å². The topological polar surface area (TPSA) is 86.9 Å². The van der Waals surface area contributed by atoms with Gasteiger partial charge >= 0.3 is 6.18 Å². The second-order valence-electron chi connectivity index (χ2n) is 6.68. The first-order chi connectivity index (χ1) is 14.2. The van der Waals surface area contributed by atoms with E-state index in [2.05, 4.69) is 5.10 Å². The van der Waals surface area contributed by atoms with Gasteiger partial charge < -0.3 is 11.5 Å². The van der Waals surface area contributed by atoms with Crippen molar-refractivity contribution in [2.75, 3.05) is 6.54 Å². The Labute approximate surface area is 180 Å². The predicted octanol–water partition coefficient (Wildman–Crippen LogP) is 4.69. The fourth-order valence-corrected chi connectivity index (χ4v) is 4.97. The lowest BCUT2D eigenvalue weighted by Crippen LogP contribution is -2.21. The van der Waals surface area contributed by atoms with Gasteiger partial charge in [0.25, 0.3) is 5.91 Å². The minimum atomic E-state index is -4.50. The zero-order chi connectivity index (χ0) is 22.1. The molecule has 160 valence electrons. The Morgan fingerprint density at radius 1 is 1.30 bits per heavy atom. The van der Waals surface area contributed by atoms with Crippen LogP contribution in [-0.2, 0) is 19.1 Å². The number of halogens is 4. The molecule has 1 aromatic carbocycles. The summed E-state index contributed by atoms with van der Waals surface area (Å²) in [6, 6.07) is 7.07. The minimum absolute atomic E-state index is 0.00674. The van der Waals surface area contributed by atoms with Crippen LogP contribution in [0.2, 0.25) is 4.34 Å². The summed E-state index contributed by atoms with van der Waals surface area (Å²) in [5.41, 5.74) is 12.6. The van der Waals surface area contributed by atoms with Gasteiger partial charge in [0.1, 0.15) is 4.34 Å². The van der Waals surface area contributed by atoms with Crippen LogP contribution in [-0.4, -0.2) is 22.2 Å². The number of nitrogens with zero attached hydrogens (tertiary/aromatic N) is 2. The number of aromatic nitrogens is 2. The summed E-state index contributed by atoms with van der Waals surface area (Å²) in [4.78, 5) is 12.3. The zero-order valence-corrected chi connectivity index (χ0v) is 17.6. The van der Waals surface area contributed by atoms with Gasteiger partial charge in [-0.25, -0.2) is 0 Å². The number of hydrogen-bond acceptors (Lipinski definition) is 4. The summed E-state index contributed by atoms with van der Waals surface area (Å²) in [6.07, 6.45) is -2.93. The van der Waals surface area contributed by atoms with Crippen molar-refractivity contribution in [2.24, 2.45) is 11.5 Å². The van der Waals surface area contributed by atoms with Crippen molar-refractivity contribution >= 4 is 28.8 Å². The lowest BCUT2D eigenvalue weighted by atomic mass is 9.87. The molecule has 5 nitrogen and oxygen atoms in total. The highest BCUT2D eigenvalue weighted by atomic mass is 35.5. The van der Waals surface area contributed by atoms with E-state index in [-0.39, 0.29) is 23.4 Å². The summed E-state index contributed by atoms with van der Waals surface area (Å²) in [5, 5.41) is 4.23. The van der Waals surface area contributed by atoms with Crippen LogP contribution in [0.3, 0.4) is 0 Å². The first-order valence-corrected chi connectivity index (χ1v) is 10.4. The van der Waals surface area contributed by atoms with Crippen LogP contribution in [0.1, 0.15) is 39.2 Å². The lowest BCUT2D eigenvalue weighted by molar-refractivity contribution is -0.138. The zero-order valence-electron chi connectivity index (χ0n) is 16.0. The number of alkyl halides is 3. The first kappa shape index (κ1) is 22.3. The van der Waals surface area contributed by atoms with Crippen LogP contribution in [0.15, 0.2) is 36.5 Å². The number of nitrogens with two attached hydrogens (primary N) is 2. The van der Waals surface area contributed by atoms with E-state index >= 15 is 0 Å². The third-order valence-corrected chi connectivity index (χ3v) is 6.31. The molecule has 0 aliphatic carbocycles. The highest BCUT2D eigenvalue weighted by molar-refractivity contribution is 7.18. The maximum Gasteiger partial charge on any atom is 0.416 e. The van der Waals surface area contributed by atoms with Crippen LogP contribution in [0.25, 0.3) is 11.3 Å². The van der Waals surface area contributed by atoms with Crippen molar-refractivity contribution < 1.29 is 18.0 Å². The molecule has 1 atom stereocenters. The number of rotatable bonds is 7. The molecule has 3 aromatic rings. The normalized spacial score (nSPS) is 12.9. The Morgan fingerprint density at radius 3 is 2.60 bits per heavy atom. The molecule has 0 saturated carbocycles. The largest absolute Gasteiger partial charge is 0.416 e. The van der Waals surface area contributed by atoms with Crippen molar-refractivity contribution in [2.45, 2.75) is 32.0 Å². The SMILES string of the molecule is CCn1nccc1-c1c(Cl)sc(C(N)=O)c1[C@@H](CN)Cc1ccccc1C(F)(F)F. The Hall–Kier alpha value is -2.36. The molecule has 30 heavy (non-hydrogen) atoms. The van der Waals surface area contributed by atoms with Crippen LogP contribution >= 0.6 is 22.9 Å². The fourth-order valence-electron chi connectivity index (χ4n) is 3.57. The average Bonchev–Trinajstić information content (AvgIpc) is 3.29. The molecule has 2 heterocycles. The lowest BCUT2D eigenvalue weighted by Gasteiger charge is -2.21. The number of primary amides is 1. The van der Waals surface area contributed by atoms with Crippen molar-refractivity contribution in [1.29, 1.82) is 0 Å². The van der Waals surface area contributed by atoms with E-state index in [0.29, 0.717) is 27.7 Å². The van der Waals surface area contributed by atoms with E-state index in [9.17, 15) is 18.0 Å². The van der Waals surface area contributed by atoms with E-state index in [1.54, 1.807) is 23.0 Å². The van der Waals surface area contributed by atoms with Crippen LogP contribution in [0.5, 0.6) is 0 Å². The molecule has 0 bridgehead atoms. The Balaban J connectivity index is 2.17. The second-order valence-corrected chi connectivity index (χ2v) is 8.30. The monoisotopic (exact) mass is 456 g/mol. The number of aryl methyl sites for hydroxylation is 1. The maximum absolute atomic E-state index is 13.5. The van der Waals surface area contributed by atoms with E-state index in [1.807, 2.05) is 6.92 Å². The fraction of sp³-hybridized carbons (Fsp3) is 0.300. The van der Waals surface area contributed by atoms with Gasteiger partial charge in [0, 0.05) is 24.2 Å². The maximum atomic E-state index is 13.5. The Morgan fingerprint density at radius 2 is 2.00 bits per heavy atom. The van der Waals surface area contributed by atoms with Crippen molar-refractivity contribution in [3.8, 4) is 11.3 Å². The van der Waals surface area contributed by atoms with E-state index in [1.165, 1.54) is 12.1 Å². The molecule has 0 fully saturated rings. The molecule has 0 aliphatic heterocycles. The van der Waals surface area contributed by atoms with E-state index in [0.717, 1.165) is 17.4 Å². The average molecular weight is 457 g/mol. The number of carbonyl (C=O) groups is 1. The summed E-state index contributed by atoms with van der Waals surface area (Å²) in [5.74, 6) is -1.30. The van der Waals surface area contributed by atoms with E-state index in [4.69, 9.17) is 23.1 Å². The smallest absolute Gasteiger partial charge is 0.365 e. The first-order valence-electron chi connectivity index (χ1n) is 9.18. The molecule has 4 N–H and O–H groups in total. The molecule has 0 unspecified atom stereocenters. The molecule has 0 saturated heterocycles. The van der Waals surface area contributed by atoms with E-state index < -0.39 is 23.6 Å². The summed E-state index contributed by atoms with van der Waals surface area (Å²) < 4.78 is 42.5. The molecule has 0 radical (unpaired) electrons. The number of benzene rings is 1. The van der Waals surface area contributed by atoms with Gasteiger partial charge in [-0.2, -0.15) is 18.3 Å². The van der Waals surface area contributed by atoms with Gasteiger partial charge in [-0.15, -0.1) is 11.3 Å². The van der Waals surface area contributed by atoms with Gasteiger partial charge in [0.05, 0.1) is 16.1 Å².